The van der Waals surface area contributed by atoms with Crippen LogP contribution in [0.3, 0.4) is 0 Å². The number of ether oxygens (including phenoxy) is 1. The minimum absolute atomic E-state index is 0.0631. The highest BCUT2D eigenvalue weighted by Crippen LogP contribution is 2.26. The van der Waals surface area contributed by atoms with E-state index in [1.54, 1.807) is 18.5 Å². The second kappa shape index (κ2) is 8.56. The van der Waals surface area contributed by atoms with Crippen molar-refractivity contribution in [1.29, 1.82) is 0 Å². The predicted molar refractivity (Wildman–Crippen MR) is 104 cm³/mol. The molecule has 1 aliphatic rings. The van der Waals surface area contributed by atoms with Gasteiger partial charge >= 0.3 is 5.97 Å². The van der Waals surface area contributed by atoms with Gasteiger partial charge in [-0.25, -0.2) is 0 Å². The molecule has 8 heteroatoms. The Balaban J connectivity index is 1.60. The number of amides is 1. The van der Waals surface area contributed by atoms with Gasteiger partial charge in [0, 0.05) is 12.7 Å². The standard InChI is InChI=1S/C19H24N4O3S/c1-4-26-17(24)11-16-21-22-19(23(16)3)27-12(2)18(25)20-15-9-8-13-6-5-7-14(13)10-15/h8-10,12H,4-7,11H2,1-3H3,(H,20,25)/t12-/m0/s1. The number of thioether (sulfide) groups is 1. The van der Waals surface area contributed by atoms with Gasteiger partial charge in [-0.05, 0) is 56.4 Å². The normalized spacial score (nSPS) is 13.9. The average molecular weight is 388 g/mol. The molecule has 1 amide bonds. The van der Waals surface area contributed by atoms with Crippen molar-refractivity contribution < 1.29 is 14.3 Å². The van der Waals surface area contributed by atoms with Crippen LogP contribution in [0, 0.1) is 0 Å². The Morgan fingerprint density at radius 2 is 2.07 bits per heavy atom. The SMILES string of the molecule is CCOC(=O)Cc1nnc(S[C@@H](C)C(=O)Nc2ccc3c(c2)CCC3)n1C. The molecule has 27 heavy (non-hydrogen) atoms. The maximum Gasteiger partial charge on any atom is 0.313 e. The van der Waals surface area contributed by atoms with E-state index in [9.17, 15) is 9.59 Å². The molecule has 3 rings (SSSR count). The third-order valence-electron chi connectivity index (χ3n) is 4.55. The number of fused-ring (bicyclic) bond motifs is 1. The van der Waals surface area contributed by atoms with Crippen molar-refractivity contribution in [2.24, 2.45) is 7.05 Å². The van der Waals surface area contributed by atoms with Crippen LogP contribution >= 0.6 is 11.8 Å². The Bertz CT molecular complexity index is 849. The van der Waals surface area contributed by atoms with Crippen LogP contribution in [0.15, 0.2) is 23.4 Å². The first kappa shape index (κ1) is 19.4. The zero-order chi connectivity index (χ0) is 19.4. The van der Waals surface area contributed by atoms with Crippen molar-refractivity contribution in [2.45, 2.75) is 49.9 Å². The van der Waals surface area contributed by atoms with Crippen LogP contribution < -0.4 is 5.32 Å². The molecule has 1 aromatic carbocycles. The van der Waals surface area contributed by atoms with Gasteiger partial charge in [0.05, 0.1) is 11.9 Å². The first-order valence-corrected chi connectivity index (χ1v) is 9.99. The van der Waals surface area contributed by atoms with E-state index in [1.807, 2.05) is 13.0 Å². The molecule has 0 spiro atoms. The van der Waals surface area contributed by atoms with Gasteiger partial charge in [0.1, 0.15) is 12.2 Å². The third kappa shape index (κ3) is 4.68. The summed E-state index contributed by atoms with van der Waals surface area (Å²) in [6, 6.07) is 6.12. The molecule has 7 nitrogen and oxygen atoms in total. The van der Waals surface area contributed by atoms with Crippen molar-refractivity contribution in [3.05, 3.63) is 35.2 Å². The van der Waals surface area contributed by atoms with Crippen molar-refractivity contribution >= 4 is 29.3 Å². The number of anilines is 1. The number of hydrogen-bond acceptors (Lipinski definition) is 6. The fourth-order valence-corrected chi connectivity index (χ4v) is 3.88. The summed E-state index contributed by atoms with van der Waals surface area (Å²) in [4.78, 5) is 24.1. The van der Waals surface area contributed by atoms with E-state index < -0.39 is 0 Å². The summed E-state index contributed by atoms with van der Waals surface area (Å²) < 4.78 is 6.66. The largest absolute Gasteiger partial charge is 0.466 e. The van der Waals surface area contributed by atoms with E-state index in [0.29, 0.717) is 17.6 Å². The summed E-state index contributed by atoms with van der Waals surface area (Å²) in [6.07, 6.45) is 3.44. The van der Waals surface area contributed by atoms with Gasteiger partial charge in [-0.3, -0.25) is 9.59 Å². The second-order valence-corrected chi connectivity index (χ2v) is 7.83. The first-order valence-electron chi connectivity index (χ1n) is 9.11. The van der Waals surface area contributed by atoms with Gasteiger partial charge in [-0.1, -0.05) is 17.8 Å². The summed E-state index contributed by atoms with van der Waals surface area (Å²) in [5, 5.41) is 11.3. The van der Waals surface area contributed by atoms with Crippen LogP contribution in [-0.4, -0.2) is 38.5 Å². The molecule has 1 heterocycles. The molecule has 0 bridgehead atoms. The van der Waals surface area contributed by atoms with E-state index in [-0.39, 0.29) is 23.5 Å². The molecular formula is C19H24N4O3S. The summed E-state index contributed by atoms with van der Waals surface area (Å²) in [7, 11) is 1.78. The molecule has 0 aliphatic heterocycles. The Labute approximate surface area is 162 Å². The zero-order valence-electron chi connectivity index (χ0n) is 15.8. The monoisotopic (exact) mass is 388 g/mol. The number of nitrogens with one attached hydrogen (secondary N) is 1. The molecule has 1 atom stereocenters. The highest BCUT2D eigenvalue weighted by molar-refractivity contribution is 8.00. The Morgan fingerprint density at radius 1 is 1.30 bits per heavy atom. The molecule has 0 saturated heterocycles. The van der Waals surface area contributed by atoms with E-state index in [0.717, 1.165) is 18.5 Å². The van der Waals surface area contributed by atoms with Gasteiger partial charge in [0.25, 0.3) is 0 Å². The van der Waals surface area contributed by atoms with E-state index in [2.05, 4.69) is 27.6 Å². The molecule has 0 fully saturated rings. The van der Waals surface area contributed by atoms with Crippen LogP contribution in [0.25, 0.3) is 0 Å². The van der Waals surface area contributed by atoms with Crippen molar-refractivity contribution in [2.75, 3.05) is 11.9 Å². The number of benzene rings is 1. The summed E-state index contributed by atoms with van der Waals surface area (Å²) in [5.74, 6) is 0.0852. The Hall–Kier alpha value is -2.35. The predicted octanol–water partition coefficient (Wildman–Crippen LogP) is 2.53. The number of carbonyl (C=O) groups excluding carboxylic acids is 2. The number of aryl methyl sites for hydroxylation is 2. The maximum atomic E-state index is 12.5. The maximum absolute atomic E-state index is 12.5. The molecule has 144 valence electrons. The molecule has 0 radical (unpaired) electrons. The minimum atomic E-state index is -0.350. The lowest BCUT2D eigenvalue weighted by Crippen LogP contribution is -2.23. The van der Waals surface area contributed by atoms with Crippen LogP contribution in [0.5, 0.6) is 0 Å². The van der Waals surface area contributed by atoms with E-state index in [1.165, 1.54) is 29.3 Å². The smallest absolute Gasteiger partial charge is 0.313 e. The zero-order valence-corrected chi connectivity index (χ0v) is 16.6. The number of aromatic nitrogens is 3. The Morgan fingerprint density at radius 3 is 2.85 bits per heavy atom. The number of carbonyl (C=O) groups is 2. The molecule has 1 aliphatic carbocycles. The van der Waals surface area contributed by atoms with Gasteiger partial charge < -0.3 is 14.6 Å². The second-order valence-electron chi connectivity index (χ2n) is 6.53. The van der Waals surface area contributed by atoms with Crippen LogP contribution in [0.4, 0.5) is 5.69 Å². The molecular weight excluding hydrogens is 364 g/mol. The molecule has 1 N–H and O–H groups in total. The average Bonchev–Trinajstić information content (AvgIpc) is 3.23. The number of esters is 1. The number of nitrogens with zero attached hydrogens (tertiary/aromatic N) is 3. The van der Waals surface area contributed by atoms with Gasteiger partial charge in [-0.15, -0.1) is 10.2 Å². The fraction of sp³-hybridized carbons (Fsp3) is 0.474. The van der Waals surface area contributed by atoms with Crippen LogP contribution in [0.2, 0.25) is 0 Å². The quantitative estimate of drug-likeness (QED) is 0.579. The van der Waals surface area contributed by atoms with Crippen LogP contribution in [-0.2, 0) is 40.6 Å². The topological polar surface area (TPSA) is 86.1 Å². The molecule has 0 unspecified atom stereocenters. The molecule has 1 aromatic heterocycles. The van der Waals surface area contributed by atoms with Crippen molar-refractivity contribution in [3.8, 4) is 0 Å². The van der Waals surface area contributed by atoms with Crippen molar-refractivity contribution in [3.63, 3.8) is 0 Å². The van der Waals surface area contributed by atoms with E-state index >= 15 is 0 Å². The van der Waals surface area contributed by atoms with Crippen molar-refractivity contribution in [1.82, 2.24) is 14.8 Å². The number of hydrogen-bond donors (Lipinski definition) is 1. The highest BCUT2D eigenvalue weighted by atomic mass is 32.2. The van der Waals surface area contributed by atoms with Gasteiger partial charge in [0.15, 0.2) is 5.16 Å². The summed E-state index contributed by atoms with van der Waals surface area (Å²) in [5.41, 5.74) is 3.53. The van der Waals surface area contributed by atoms with E-state index in [4.69, 9.17) is 4.74 Å². The minimum Gasteiger partial charge on any atom is -0.466 e. The molecule has 2 aromatic rings. The molecule has 0 saturated carbocycles. The summed E-state index contributed by atoms with van der Waals surface area (Å²) in [6.45, 7) is 3.92. The lowest BCUT2D eigenvalue weighted by molar-refractivity contribution is -0.142. The first-order chi connectivity index (χ1) is 13.0. The Kier molecular flexibility index (Phi) is 6.15. The lowest BCUT2D eigenvalue weighted by atomic mass is 10.1. The third-order valence-corrected chi connectivity index (χ3v) is 5.68. The fourth-order valence-electron chi connectivity index (χ4n) is 3.05. The highest BCUT2D eigenvalue weighted by Gasteiger charge is 2.21. The van der Waals surface area contributed by atoms with Gasteiger partial charge in [0.2, 0.25) is 5.91 Å². The number of rotatable bonds is 7. The summed E-state index contributed by atoms with van der Waals surface area (Å²) >= 11 is 1.31. The van der Waals surface area contributed by atoms with Crippen LogP contribution in [0.1, 0.15) is 37.2 Å². The van der Waals surface area contributed by atoms with Gasteiger partial charge in [-0.2, -0.15) is 0 Å². The lowest BCUT2D eigenvalue weighted by Gasteiger charge is -2.12.